The van der Waals surface area contributed by atoms with Gasteiger partial charge in [0, 0.05) is 0 Å². The number of hydrogen-bond acceptors (Lipinski definition) is 2. The molecule has 3 heteroatoms. The molecule has 1 unspecified atom stereocenters. The van der Waals surface area contributed by atoms with E-state index in [1.54, 1.807) is 6.07 Å². The van der Waals surface area contributed by atoms with Crippen molar-refractivity contribution in [3.63, 3.8) is 0 Å². The predicted octanol–water partition coefficient (Wildman–Crippen LogP) is 1.23. The molecule has 1 heterocycles. The summed E-state index contributed by atoms with van der Waals surface area (Å²) in [5.41, 5.74) is 3.44. The second-order valence-corrected chi connectivity index (χ2v) is 3.94. The molecule has 0 fully saturated rings. The molecule has 3 rings (SSSR count). The van der Waals surface area contributed by atoms with Gasteiger partial charge in [0.25, 0.3) is 11.8 Å². The van der Waals surface area contributed by atoms with E-state index in [1.807, 2.05) is 6.07 Å². The Labute approximate surface area is 81.1 Å². The van der Waals surface area contributed by atoms with Crippen LogP contribution in [0.4, 0.5) is 0 Å². The molecule has 14 heavy (non-hydrogen) atoms. The van der Waals surface area contributed by atoms with Crippen LogP contribution in [0.2, 0.25) is 0 Å². The van der Waals surface area contributed by atoms with E-state index in [9.17, 15) is 9.59 Å². The second kappa shape index (κ2) is 2.23. The number of nitrogens with one attached hydrogen (secondary N) is 1. The van der Waals surface area contributed by atoms with Gasteiger partial charge in [-0.15, -0.1) is 0 Å². The second-order valence-electron chi connectivity index (χ2n) is 3.94. The van der Waals surface area contributed by atoms with Gasteiger partial charge in [-0.05, 0) is 29.5 Å². The largest absolute Gasteiger partial charge is 0.288 e. The Morgan fingerprint density at radius 1 is 1.29 bits per heavy atom. The lowest BCUT2D eigenvalue weighted by atomic mass is 9.75. The Morgan fingerprint density at radius 2 is 2.07 bits per heavy atom. The third-order valence-electron chi connectivity index (χ3n) is 3.09. The van der Waals surface area contributed by atoms with Crippen LogP contribution in [-0.2, 0) is 6.42 Å². The number of benzene rings is 1. The third-order valence-corrected chi connectivity index (χ3v) is 3.09. The van der Waals surface area contributed by atoms with Crippen molar-refractivity contribution in [3.8, 4) is 0 Å². The SMILES string of the molecule is CC1Cc2c1ccc1c2C(=O)NC1=O. The summed E-state index contributed by atoms with van der Waals surface area (Å²) < 4.78 is 0. The predicted molar refractivity (Wildman–Crippen MR) is 50.4 cm³/mol. The normalized spacial score (nSPS) is 22.5. The van der Waals surface area contributed by atoms with Gasteiger partial charge in [-0.25, -0.2) is 0 Å². The van der Waals surface area contributed by atoms with Crippen molar-refractivity contribution in [2.75, 3.05) is 0 Å². The van der Waals surface area contributed by atoms with Crippen LogP contribution in [0.1, 0.15) is 44.7 Å². The Bertz CT molecular complexity index is 476. The van der Waals surface area contributed by atoms with Crippen LogP contribution in [0.25, 0.3) is 0 Å². The van der Waals surface area contributed by atoms with Crippen molar-refractivity contribution < 1.29 is 9.59 Å². The first-order valence-electron chi connectivity index (χ1n) is 4.70. The molecule has 1 aromatic carbocycles. The highest BCUT2D eigenvalue weighted by molar-refractivity contribution is 6.22. The fraction of sp³-hybridized carbons (Fsp3) is 0.273. The van der Waals surface area contributed by atoms with E-state index >= 15 is 0 Å². The zero-order valence-electron chi connectivity index (χ0n) is 7.76. The highest BCUT2D eigenvalue weighted by Gasteiger charge is 2.35. The van der Waals surface area contributed by atoms with Gasteiger partial charge in [0.2, 0.25) is 0 Å². The molecule has 0 saturated heterocycles. The van der Waals surface area contributed by atoms with E-state index < -0.39 is 0 Å². The minimum atomic E-state index is -0.257. The van der Waals surface area contributed by atoms with E-state index in [4.69, 9.17) is 0 Å². The van der Waals surface area contributed by atoms with Gasteiger partial charge in [0.05, 0.1) is 11.1 Å². The standard InChI is InChI=1S/C11H9NO2/c1-5-4-8-6(5)2-3-7-9(8)11(14)12-10(7)13/h2-3,5H,4H2,1H3,(H,12,13,14). The van der Waals surface area contributed by atoms with Crippen LogP contribution in [-0.4, -0.2) is 11.8 Å². The summed E-state index contributed by atoms with van der Waals surface area (Å²) in [5.74, 6) is 0.0416. The van der Waals surface area contributed by atoms with E-state index in [0.717, 1.165) is 12.0 Å². The molecule has 1 N–H and O–H groups in total. The van der Waals surface area contributed by atoms with Crippen LogP contribution in [0.3, 0.4) is 0 Å². The zero-order chi connectivity index (χ0) is 9.87. The van der Waals surface area contributed by atoms with Crippen LogP contribution in [0.5, 0.6) is 0 Å². The van der Waals surface area contributed by atoms with E-state index in [1.165, 1.54) is 5.56 Å². The number of rotatable bonds is 0. The molecular weight excluding hydrogens is 178 g/mol. The number of carbonyl (C=O) groups excluding carboxylic acids is 2. The van der Waals surface area contributed by atoms with Crippen LogP contribution in [0, 0.1) is 0 Å². The lowest BCUT2D eigenvalue weighted by Crippen LogP contribution is -2.22. The maximum atomic E-state index is 11.5. The molecule has 1 atom stereocenters. The summed E-state index contributed by atoms with van der Waals surface area (Å²) in [6.07, 6.45) is 0.916. The van der Waals surface area contributed by atoms with Gasteiger partial charge in [0.1, 0.15) is 0 Å². The average Bonchev–Trinajstić information content (AvgIpc) is 2.40. The van der Waals surface area contributed by atoms with Crippen LogP contribution in [0.15, 0.2) is 12.1 Å². The lowest BCUT2D eigenvalue weighted by molar-refractivity contribution is 0.0879. The first-order chi connectivity index (χ1) is 6.68. The molecule has 0 spiro atoms. The van der Waals surface area contributed by atoms with Gasteiger partial charge in [-0.3, -0.25) is 14.9 Å². The topological polar surface area (TPSA) is 46.2 Å². The molecule has 2 amide bonds. The van der Waals surface area contributed by atoms with Crippen molar-refractivity contribution in [1.29, 1.82) is 0 Å². The fourth-order valence-corrected chi connectivity index (χ4v) is 2.31. The van der Waals surface area contributed by atoms with Crippen molar-refractivity contribution in [3.05, 3.63) is 34.4 Å². The summed E-state index contributed by atoms with van der Waals surface area (Å²) in [7, 11) is 0. The maximum absolute atomic E-state index is 11.5. The number of imide groups is 1. The molecule has 0 bridgehead atoms. The Kier molecular flexibility index (Phi) is 1.23. The van der Waals surface area contributed by atoms with Gasteiger partial charge >= 0.3 is 0 Å². The monoisotopic (exact) mass is 187 g/mol. The van der Waals surface area contributed by atoms with Crippen LogP contribution >= 0.6 is 0 Å². The Balaban J connectivity index is 2.30. The van der Waals surface area contributed by atoms with Gasteiger partial charge in [-0.1, -0.05) is 13.0 Å². The summed E-state index contributed by atoms with van der Waals surface area (Å²) >= 11 is 0. The summed E-state index contributed by atoms with van der Waals surface area (Å²) in [5, 5.41) is 2.32. The third kappa shape index (κ3) is 0.726. The molecule has 70 valence electrons. The number of fused-ring (bicyclic) bond motifs is 3. The number of hydrogen-bond donors (Lipinski definition) is 1. The van der Waals surface area contributed by atoms with Gasteiger partial charge in [0.15, 0.2) is 0 Å². The van der Waals surface area contributed by atoms with Gasteiger partial charge < -0.3 is 0 Å². The number of carbonyl (C=O) groups is 2. The molecule has 0 aromatic heterocycles. The van der Waals surface area contributed by atoms with Crippen molar-refractivity contribution in [2.45, 2.75) is 19.3 Å². The molecular formula is C11H9NO2. The molecule has 0 saturated carbocycles. The van der Waals surface area contributed by atoms with E-state index in [-0.39, 0.29) is 11.8 Å². The zero-order valence-corrected chi connectivity index (χ0v) is 7.76. The molecule has 0 radical (unpaired) electrons. The lowest BCUT2D eigenvalue weighted by Gasteiger charge is -2.28. The molecule has 1 aliphatic carbocycles. The summed E-state index contributed by atoms with van der Waals surface area (Å²) in [6, 6.07) is 3.71. The minimum Gasteiger partial charge on any atom is -0.288 e. The Morgan fingerprint density at radius 3 is 2.79 bits per heavy atom. The first kappa shape index (κ1) is 7.74. The van der Waals surface area contributed by atoms with E-state index in [0.29, 0.717) is 17.0 Å². The number of amides is 2. The average molecular weight is 187 g/mol. The van der Waals surface area contributed by atoms with Crippen molar-refractivity contribution in [2.24, 2.45) is 0 Å². The summed E-state index contributed by atoms with van der Waals surface area (Å²) in [4.78, 5) is 22.8. The minimum absolute atomic E-state index is 0.228. The maximum Gasteiger partial charge on any atom is 0.259 e. The molecule has 1 aliphatic heterocycles. The summed E-state index contributed by atoms with van der Waals surface area (Å²) in [6.45, 7) is 2.13. The molecule has 2 aliphatic rings. The van der Waals surface area contributed by atoms with Crippen LogP contribution < -0.4 is 5.32 Å². The fourth-order valence-electron chi connectivity index (χ4n) is 2.31. The quantitative estimate of drug-likeness (QED) is 0.621. The van der Waals surface area contributed by atoms with Crippen molar-refractivity contribution >= 4 is 11.8 Å². The highest BCUT2D eigenvalue weighted by atomic mass is 16.2. The highest BCUT2D eigenvalue weighted by Crippen LogP contribution is 2.39. The van der Waals surface area contributed by atoms with E-state index in [2.05, 4.69) is 12.2 Å². The molecule has 3 nitrogen and oxygen atoms in total. The Hall–Kier alpha value is -1.64. The molecule has 1 aromatic rings. The van der Waals surface area contributed by atoms with Crippen molar-refractivity contribution in [1.82, 2.24) is 5.32 Å². The smallest absolute Gasteiger partial charge is 0.259 e. The van der Waals surface area contributed by atoms with Gasteiger partial charge in [-0.2, -0.15) is 0 Å². The first-order valence-corrected chi connectivity index (χ1v) is 4.70.